The molecular weight excluding hydrogens is 436 g/mol. The van der Waals surface area contributed by atoms with E-state index in [9.17, 15) is 8.42 Å². The highest BCUT2D eigenvalue weighted by atomic mass is 32.2. The maximum Gasteiger partial charge on any atom is 0.215 e. The summed E-state index contributed by atoms with van der Waals surface area (Å²) in [6.45, 7) is 17.9. The summed E-state index contributed by atoms with van der Waals surface area (Å²) < 4.78 is 27.8. The van der Waals surface area contributed by atoms with E-state index in [0.717, 1.165) is 22.3 Å². The van der Waals surface area contributed by atoms with Crippen molar-refractivity contribution in [3.05, 3.63) is 69.6 Å². The van der Waals surface area contributed by atoms with E-state index in [0.29, 0.717) is 5.57 Å². The fourth-order valence-electron chi connectivity index (χ4n) is 3.35. The molecule has 0 amide bonds. The molecule has 34 heavy (non-hydrogen) atoms. The fourth-order valence-corrected chi connectivity index (χ4v) is 4.70. The Morgan fingerprint density at radius 2 is 1.26 bits per heavy atom. The van der Waals surface area contributed by atoms with Crippen molar-refractivity contribution in [2.45, 2.75) is 67.2 Å². The van der Waals surface area contributed by atoms with Crippen molar-refractivity contribution >= 4 is 15.4 Å². The van der Waals surface area contributed by atoms with Gasteiger partial charge in [-0.25, -0.2) is 8.42 Å². The third-order valence-corrected chi connectivity index (χ3v) is 6.45. The maximum atomic E-state index is 13.9. The molecule has 0 saturated heterocycles. The molecule has 0 N–H and O–H groups in total. The molecule has 0 radical (unpaired) electrons. The Labute approximate surface area is 206 Å². The van der Waals surface area contributed by atoms with Crippen LogP contribution in [-0.4, -0.2) is 8.42 Å². The number of sulfone groups is 1. The van der Waals surface area contributed by atoms with Crippen LogP contribution in [0.4, 0.5) is 0 Å². The Bertz CT molecular complexity index is 1370. The van der Waals surface area contributed by atoms with Crippen molar-refractivity contribution in [3.8, 4) is 35.5 Å². The SMILES string of the molecule is Cc1cc(C)c(/C(C#CC(C)(C)C)=C(\C#CC#CC(C)(C)C)S(=O)(=O)c2ccccc2)c(C)c1. The molecule has 2 rings (SSSR count). The zero-order chi connectivity index (χ0) is 25.7. The average molecular weight is 471 g/mol. The molecule has 176 valence electrons. The van der Waals surface area contributed by atoms with E-state index in [2.05, 4.69) is 35.5 Å². The Hall–Kier alpha value is -3.19. The Kier molecular flexibility index (Phi) is 8.26. The minimum atomic E-state index is -3.94. The fraction of sp³-hybridized carbons (Fsp3) is 0.355. The van der Waals surface area contributed by atoms with E-state index in [1.807, 2.05) is 74.4 Å². The van der Waals surface area contributed by atoms with Gasteiger partial charge in [-0.15, -0.1) is 0 Å². The number of hydrogen-bond donors (Lipinski definition) is 0. The van der Waals surface area contributed by atoms with Gasteiger partial charge in [-0.1, -0.05) is 53.7 Å². The van der Waals surface area contributed by atoms with Gasteiger partial charge in [0.15, 0.2) is 0 Å². The average Bonchev–Trinajstić information content (AvgIpc) is 2.69. The summed E-state index contributed by atoms with van der Waals surface area (Å²) in [5, 5.41) is 0. The first-order chi connectivity index (χ1) is 15.6. The molecule has 0 atom stereocenters. The predicted octanol–water partition coefficient (Wildman–Crippen LogP) is 6.90. The molecule has 0 spiro atoms. The molecule has 3 heteroatoms. The first-order valence-corrected chi connectivity index (χ1v) is 12.8. The van der Waals surface area contributed by atoms with Crippen LogP contribution < -0.4 is 0 Å². The number of aryl methyl sites for hydroxylation is 3. The van der Waals surface area contributed by atoms with Gasteiger partial charge in [0, 0.05) is 10.8 Å². The van der Waals surface area contributed by atoms with Crippen LogP contribution in [0, 0.1) is 67.1 Å². The first-order valence-electron chi connectivity index (χ1n) is 11.3. The Morgan fingerprint density at radius 3 is 1.76 bits per heavy atom. The van der Waals surface area contributed by atoms with Crippen molar-refractivity contribution in [2.24, 2.45) is 10.8 Å². The minimum Gasteiger partial charge on any atom is -0.218 e. The van der Waals surface area contributed by atoms with Gasteiger partial charge in [0.05, 0.1) is 10.5 Å². The molecule has 2 aromatic rings. The van der Waals surface area contributed by atoms with Crippen LogP contribution in [0.3, 0.4) is 0 Å². The van der Waals surface area contributed by atoms with E-state index in [1.54, 1.807) is 30.3 Å². The molecule has 0 aliphatic heterocycles. The molecule has 0 bridgehead atoms. The quantitative estimate of drug-likeness (QED) is 0.457. The number of allylic oxidation sites excluding steroid dienone is 2. The number of benzene rings is 2. The summed E-state index contributed by atoms with van der Waals surface area (Å²) in [7, 11) is -3.94. The highest BCUT2D eigenvalue weighted by Crippen LogP contribution is 2.32. The van der Waals surface area contributed by atoms with E-state index in [1.165, 1.54) is 0 Å². The lowest BCUT2D eigenvalue weighted by Gasteiger charge is -2.15. The maximum absolute atomic E-state index is 13.9. The molecular formula is C31H34O2S. The molecule has 2 nitrogen and oxygen atoms in total. The normalized spacial score (nSPS) is 12.3. The van der Waals surface area contributed by atoms with Crippen molar-refractivity contribution in [2.75, 3.05) is 0 Å². The molecule has 0 aromatic heterocycles. The number of hydrogen-bond acceptors (Lipinski definition) is 2. The summed E-state index contributed by atoms with van der Waals surface area (Å²) in [5.74, 6) is 18.0. The van der Waals surface area contributed by atoms with E-state index in [4.69, 9.17) is 0 Å². The third-order valence-electron chi connectivity index (χ3n) is 4.71. The van der Waals surface area contributed by atoms with Gasteiger partial charge in [0.25, 0.3) is 0 Å². The van der Waals surface area contributed by atoms with Gasteiger partial charge in [-0.3, -0.25) is 0 Å². The van der Waals surface area contributed by atoms with E-state index >= 15 is 0 Å². The second kappa shape index (κ2) is 10.4. The molecule has 0 fully saturated rings. The van der Waals surface area contributed by atoms with E-state index in [-0.39, 0.29) is 20.6 Å². The van der Waals surface area contributed by atoms with Crippen molar-refractivity contribution in [1.82, 2.24) is 0 Å². The van der Waals surface area contributed by atoms with Gasteiger partial charge >= 0.3 is 0 Å². The molecule has 0 saturated carbocycles. The molecule has 0 unspecified atom stereocenters. The van der Waals surface area contributed by atoms with Crippen LogP contribution in [0.25, 0.3) is 5.57 Å². The van der Waals surface area contributed by atoms with Crippen molar-refractivity contribution in [3.63, 3.8) is 0 Å². The number of rotatable bonds is 3. The van der Waals surface area contributed by atoms with Crippen molar-refractivity contribution < 1.29 is 8.42 Å². The zero-order valence-electron chi connectivity index (χ0n) is 21.8. The summed E-state index contributed by atoms with van der Waals surface area (Å²) in [6, 6.07) is 12.5. The predicted molar refractivity (Wildman–Crippen MR) is 143 cm³/mol. The zero-order valence-corrected chi connectivity index (χ0v) is 22.6. The summed E-state index contributed by atoms with van der Waals surface area (Å²) in [4.78, 5) is 0.161. The van der Waals surface area contributed by atoms with Gasteiger partial charge in [-0.2, -0.15) is 0 Å². The van der Waals surface area contributed by atoms with Gasteiger partial charge in [0.1, 0.15) is 4.91 Å². The van der Waals surface area contributed by atoms with Crippen LogP contribution in [0.2, 0.25) is 0 Å². The topological polar surface area (TPSA) is 34.1 Å². The lowest BCUT2D eigenvalue weighted by atomic mass is 9.91. The van der Waals surface area contributed by atoms with Crippen LogP contribution in [-0.2, 0) is 9.84 Å². The highest BCUT2D eigenvalue weighted by Gasteiger charge is 2.25. The van der Waals surface area contributed by atoms with Crippen LogP contribution in [0.15, 0.2) is 52.3 Å². The van der Waals surface area contributed by atoms with Gasteiger partial charge < -0.3 is 0 Å². The van der Waals surface area contributed by atoms with Crippen LogP contribution >= 0.6 is 0 Å². The summed E-state index contributed by atoms with van der Waals surface area (Å²) in [6.07, 6.45) is 0. The Morgan fingerprint density at radius 1 is 0.735 bits per heavy atom. The molecule has 2 aromatic carbocycles. The second-order valence-electron chi connectivity index (χ2n) is 10.5. The lowest BCUT2D eigenvalue weighted by molar-refractivity contribution is 0.571. The monoisotopic (exact) mass is 470 g/mol. The van der Waals surface area contributed by atoms with Crippen LogP contribution in [0.1, 0.15) is 63.8 Å². The van der Waals surface area contributed by atoms with E-state index < -0.39 is 9.84 Å². The lowest BCUT2D eigenvalue weighted by Crippen LogP contribution is -2.08. The van der Waals surface area contributed by atoms with Gasteiger partial charge in [-0.05, 0) is 109 Å². The van der Waals surface area contributed by atoms with Gasteiger partial charge in [0.2, 0.25) is 9.84 Å². The second-order valence-corrected chi connectivity index (χ2v) is 12.4. The first kappa shape index (κ1) is 27.1. The smallest absolute Gasteiger partial charge is 0.215 e. The molecule has 0 heterocycles. The van der Waals surface area contributed by atoms with Crippen LogP contribution in [0.5, 0.6) is 0 Å². The summed E-state index contributed by atoms with van der Waals surface area (Å²) >= 11 is 0. The largest absolute Gasteiger partial charge is 0.218 e. The Balaban J connectivity index is 3.06. The van der Waals surface area contributed by atoms with Crippen molar-refractivity contribution in [1.29, 1.82) is 0 Å². The standard InChI is InChI=1S/C31H34O2S/c1-23-21-24(2)29(25(3)22-23)27(18-20-31(7,8)9)28(17-13-14-19-30(4,5)6)34(32,33)26-15-11-10-12-16-26/h10-12,15-16,21-22H,1-9H3/b28-27+. The minimum absolute atomic E-state index is 0.0197. The molecule has 0 aliphatic carbocycles. The third kappa shape index (κ3) is 7.42. The molecule has 0 aliphatic rings. The summed E-state index contributed by atoms with van der Waals surface area (Å²) in [5.41, 5.74) is 3.68. The highest BCUT2D eigenvalue weighted by molar-refractivity contribution is 7.95.